The Bertz CT molecular complexity index is 370. The number of nitrogens with one attached hydrogen (secondary N) is 1. The van der Waals surface area contributed by atoms with Crippen LogP contribution in [0.25, 0.3) is 0 Å². The highest BCUT2D eigenvalue weighted by Crippen LogP contribution is 2.22. The normalized spacial score (nSPS) is 23.8. The van der Waals surface area contributed by atoms with E-state index in [1.54, 1.807) is 0 Å². The van der Waals surface area contributed by atoms with E-state index < -0.39 is 0 Å². The SMILES string of the molecule is Brc1csc(CN2CCN(C3CNC3)CC2)c1. The first-order chi connectivity index (χ1) is 8.31. The van der Waals surface area contributed by atoms with Crippen LogP contribution in [0.3, 0.4) is 0 Å². The highest BCUT2D eigenvalue weighted by atomic mass is 79.9. The van der Waals surface area contributed by atoms with Crippen molar-refractivity contribution in [2.45, 2.75) is 12.6 Å². The lowest BCUT2D eigenvalue weighted by Gasteiger charge is -2.43. The minimum absolute atomic E-state index is 0.813. The van der Waals surface area contributed by atoms with Crippen LogP contribution in [0.5, 0.6) is 0 Å². The van der Waals surface area contributed by atoms with Crippen LogP contribution in [-0.2, 0) is 6.54 Å². The van der Waals surface area contributed by atoms with Crippen LogP contribution in [0.4, 0.5) is 0 Å². The molecule has 0 saturated carbocycles. The summed E-state index contributed by atoms with van der Waals surface area (Å²) in [5, 5.41) is 5.53. The molecule has 2 fully saturated rings. The van der Waals surface area contributed by atoms with Crippen molar-refractivity contribution in [2.24, 2.45) is 0 Å². The number of thiophene rings is 1. The van der Waals surface area contributed by atoms with Gasteiger partial charge in [0.1, 0.15) is 0 Å². The van der Waals surface area contributed by atoms with Crippen molar-refractivity contribution in [3.8, 4) is 0 Å². The number of nitrogens with zero attached hydrogens (tertiary/aromatic N) is 2. The zero-order valence-corrected chi connectivity index (χ0v) is 12.3. The van der Waals surface area contributed by atoms with Crippen LogP contribution in [0, 0.1) is 0 Å². The van der Waals surface area contributed by atoms with Gasteiger partial charge in [-0.3, -0.25) is 9.80 Å². The molecule has 1 aromatic heterocycles. The molecule has 2 aliphatic rings. The molecule has 0 aliphatic carbocycles. The van der Waals surface area contributed by atoms with Gasteiger partial charge in [-0.15, -0.1) is 11.3 Å². The third-order valence-electron chi connectivity index (χ3n) is 3.68. The summed E-state index contributed by atoms with van der Waals surface area (Å²) >= 11 is 5.37. The van der Waals surface area contributed by atoms with Crippen LogP contribution in [-0.4, -0.2) is 55.1 Å². The second-order valence-corrected chi connectivity index (χ2v) is 6.77. The van der Waals surface area contributed by atoms with Gasteiger partial charge in [0.15, 0.2) is 0 Å². The van der Waals surface area contributed by atoms with Gasteiger partial charge in [-0.25, -0.2) is 0 Å². The van der Waals surface area contributed by atoms with Crippen LogP contribution in [0.1, 0.15) is 4.88 Å². The molecule has 2 saturated heterocycles. The van der Waals surface area contributed by atoms with E-state index in [0.29, 0.717) is 0 Å². The van der Waals surface area contributed by atoms with E-state index in [9.17, 15) is 0 Å². The van der Waals surface area contributed by atoms with Crippen molar-refractivity contribution in [3.05, 3.63) is 20.8 Å². The molecule has 3 heterocycles. The minimum Gasteiger partial charge on any atom is -0.314 e. The Labute approximate surface area is 115 Å². The maximum Gasteiger partial charge on any atom is 0.0346 e. The molecule has 3 rings (SSSR count). The number of hydrogen-bond acceptors (Lipinski definition) is 4. The van der Waals surface area contributed by atoms with E-state index in [1.165, 1.54) is 48.6 Å². The van der Waals surface area contributed by atoms with Crippen LogP contribution in [0.15, 0.2) is 15.9 Å². The number of piperazine rings is 1. The first-order valence-corrected chi connectivity index (χ1v) is 7.88. The number of rotatable bonds is 3. The predicted octanol–water partition coefficient (Wildman–Crippen LogP) is 1.60. The van der Waals surface area contributed by atoms with E-state index >= 15 is 0 Å². The second kappa shape index (κ2) is 5.36. The summed E-state index contributed by atoms with van der Waals surface area (Å²) in [6, 6.07) is 3.06. The third-order valence-corrected chi connectivity index (χ3v) is 5.37. The highest BCUT2D eigenvalue weighted by Gasteiger charge is 2.27. The fourth-order valence-corrected chi connectivity index (χ4v) is 3.97. The van der Waals surface area contributed by atoms with Crippen LogP contribution in [0.2, 0.25) is 0 Å². The van der Waals surface area contributed by atoms with Gasteiger partial charge >= 0.3 is 0 Å². The molecule has 0 unspecified atom stereocenters. The Morgan fingerprint density at radius 1 is 1.29 bits per heavy atom. The van der Waals surface area contributed by atoms with Crippen molar-refractivity contribution in [2.75, 3.05) is 39.3 Å². The van der Waals surface area contributed by atoms with Crippen molar-refractivity contribution in [1.29, 1.82) is 0 Å². The van der Waals surface area contributed by atoms with Crippen LogP contribution >= 0.6 is 27.3 Å². The molecule has 0 aromatic carbocycles. The van der Waals surface area contributed by atoms with Gasteiger partial charge in [0, 0.05) is 66.6 Å². The first kappa shape index (κ1) is 12.1. The van der Waals surface area contributed by atoms with Crippen molar-refractivity contribution >= 4 is 27.3 Å². The average Bonchev–Trinajstić information content (AvgIpc) is 2.64. The average molecular weight is 316 g/mol. The number of hydrogen-bond donors (Lipinski definition) is 1. The molecule has 3 nitrogen and oxygen atoms in total. The fourth-order valence-electron chi connectivity index (χ4n) is 2.48. The molecule has 17 heavy (non-hydrogen) atoms. The maximum absolute atomic E-state index is 3.52. The van der Waals surface area contributed by atoms with Crippen molar-refractivity contribution < 1.29 is 0 Å². The van der Waals surface area contributed by atoms with Gasteiger partial charge in [-0.05, 0) is 22.0 Å². The standard InChI is InChI=1S/C12H18BrN3S/c13-10-5-12(17-9-10)8-15-1-3-16(4-2-15)11-6-14-7-11/h5,9,11,14H,1-4,6-8H2. The molecule has 94 valence electrons. The maximum atomic E-state index is 3.52. The van der Waals surface area contributed by atoms with E-state index in [1.807, 2.05) is 11.3 Å². The van der Waals surface area contributed by atoms with Gasteiger partial charge in [0.2, 0.25) is 0 Å². The fraction of sp³-hybridized carbons (Fsp3) is 0.667. The molecule has 1 N–H and O–H groups in total. The number of halogens is 1. The van der Waals surface area contributed by atoms with E-state index in [0.717, 1.165) is 12.6 Å². The minimum atomic E-state index is 0.813. The summed E-state index contributed by atoms with van der Waals surface area (Å²) in [7, 11) is 0. The lowest BCUT2D eigenvalue weighted by atomic mass is 10.1. The molecule has 0 spiro atoms. The molecule has 1 aromatic rings. The molecular weight excluding hydrogens is 298 g/mol. The van der Waals surface area contributed by atoms with Gasteiger partial charge in [-0.1, -0.05) is 0 Å². The first-order valence-electron chi connectivity index (χ1n) is 6.21. The van der Waals surface area contributed by atoms with Crippen molar-refractivity contribution in [3.63, 3.8) is 0 Å². The van der Waals surface area contributed by atoms with E-state index in [-0.39, 0.29) is 0 Å². The Hall–Kier alpha value is 0.0600. The summed E-state index contributed by atoms with van der Waals surface area (Å²) in [6.07, 6.45) is 0. The molecule has 0 radical (unpaired) electrons. The molecular formula is C12H18BrN3S. The molecule has 5 heteroatoms. The Morgan fingerprint density at radius 2 is 2.06 bits per heavy atom. The van der Waals surface area contributed by atoms with Gasteiger partial charge in [0.05, 0.1) is 0 Å². The lowest BCUT2D eigenvalue weighted by molar-refractivity contribution is 0.0700. The predicted molar refractivity (Wildman–Crippen MR) is 75.5 cm³/mol. The van der Waals surface area contributed by atoms with E-state index in [2.05, 4.69) is 42.5 Å². The smallest absolute Gasteiger partial charge is 0.0346 e. The monoisotopic (exact) mass is 315 g/mol. The summed E-state index contributed by atoms with van der Waals surface area (Å²) < 4.78 is 1.22. The van der Waals surface area contributed by atoms with Crippen molar-refractivity contribution in [1.82, 2.24) is 15.1 Å². The molecule has 2 aliphatic heterocycles. The zero-order valence-electron chi connectivity index (χ0n) is 9.86. The van der Waals surface area contributed by atoms with Gasteiger partial charge in [-0.2, -0.15) is 0 Å². The topological polar surface area (TPSA) is 18.5 Å². The third kappa shape index (κ3) is 2.90. The van der Waals surface area contributed by atoms with Crippen LogP contribution < -0.4 is 5.32 Å². The van der Waals surface area contributed by atoms with E-state index in [4.69, 9.17) is 0 Å². The highest BCUT2D eigenvalue weighted by molar-refractivity contribution is 9.10. The Balaban J connectivity index is 1.47. The Kier molecular flexibility index (Phi) is 3.82. The van der Waals surface area contributed by atoms with Gasteiger partial charge < -0.3 is 5.32 Å². The zero-order chi connectivity index (χ0) is 11.7. The molecule has 0 bridgehead atoms. The molecule has 0 amide bonds. The second-order valence-electron chi connectivity index (χ2n) is 4.86. The lowest BCUT2D eigenvalue weighted by Crippen LogP contribution is -2.61. The summed E-state index contributed by atoms with van der Waals surface area (Å²) in [5.74, 6) is 0. The Morgan fingerprint density at radius 3 is 2.59 bits per heavy atom. The summed E-state index contributed by atoms with van der Waals surface area (Å²) in [4.78, 5) is 6.67. The quantitative estimate of drug-likeness (QED) is 0.914. The summed E-state index contributed by atoms with van der Waals surface area (Å²) in [5.41, 5.74) is 0. The molecule has 0 atom stereocenters. The summed E-state index contributed by atoms with van der Waals surface area (Å²) in [6.45, 7) is 8.40. The van der Waals surface area contributed by atoms with Gasteiger partial charge in [0.25, 0.3) is 0 Å². The largest absolute Gasteiger partial charge is 0.314 e.